The van der Waals surface area contributed by atoms with E-state index in [1.54, 1.807) is 35.6 Å². The molecule has 2 amide bonds. The Morgan fingerprint density at radius 1 is 1.03 bits per heavy atom. The van der Waals surface area contributed by atoms with Crippen molar-refractivity contribution in [2.45, 2.75) is 19.4 Å². The van der Waals surface area contributed by atoms with Crippen LogP contribution in [0, 0.1) is 11.8 Å². The molecule has 4 nitrogen and oxygen atoms in total. The number of carbonyl (C=O) groups is 2. The zero-order valence-corrected chi connectivity index (χ0v) is 17.5. The van der Waals surface area contributed by atoms with E-state index in [1.165, 1.54) is 0 Å². The molecule has 0 spiro atoms. The number of thiophene rings is 1. The average Bonchev–Trinajstić information content (AvgIpc) is 3.22. The lowest BCUT2D eigenvalue weighted by atomic mass is 10.0. The molecule has 4 rings (SSSR count). The molecule has 3 aromatic rings. The Morgan fingerprint density at radius 2 is 1.72 bits per heavy atom. The van der Waals surface area contributed by atoms with Crippen LogP contribution in [0.3, 0.4) is 0 Å². The number of benzene rings is 2. The molecule has 148 valence electrons. The first-order valence-corrected chi connectivity index (χ1v) is 10.8. The summed E-state index contributed by atoms with van der Waals surface area (Å²) >= 11 is 7.60. The van der Waals surface area contributed by atoms with Crippen LogP contribution in [0.5, 0.6) is 0 Å². The number of halogens is 1. The van der Waals surface area contributed by atoms with E-state index in [2.05, 4.69) is 17.6 Å². The molecular formula is C23H21ClN2O2S. The van der Waals surface area contributed by atoms with Gasteiger partial charge in [0, 0.05) is 22.2 Å². The van der Waals surface area contributed by atoms with Crippen molar-refractivity contribution < 1.29 is 9.59 Å². The molecule has 2 N–H and O–H groups in total. The van der Waals surface area contributed by atoms with Crippen LogP contribution in [0.15, 0.2) is 65.4 Å². The molecular weight excluding hydrogens is 404 g/mol. The van der Waals surface area contributed by atoms with Gasteiger partial charge in [-0.05, 0) is 76.7 Å². The van der Waals surface area contributed by atoms with Crippen molar-refractivity contribution in [2.24, 2.45) is 11.8 Å². The van der Waals surface area contributed by atoms with Crippen LogP contribution in [0.25, 0.3) is 0 Å². The quantitative estimate of drug-likeness (QED) is 0.547. The monoisotopic (exact) mass is 424 g/mol. The molecule has 0 aliphatic heterocycles. The zero-order chi connectivity index (χ0) is 20.4. The summed E-state index contributed by atoms with van der Waals surface area (Å²) in [5, 5.41) is 10.7. The van der Waals surface area contributed by atoms with Crippen LogP contribution in [-0.2, 0) is 4.79 Å². The summed E-state index contributed by atoms with van der Waals surface area (Å²) in [5.74, 6) is 0.450. The molecule has 1 aliphatic carbocycles. The largest absolute Gasteiger partial charge is 0.341 e. The van der Waals surface area contributed by atoms with Crippen LogP contribution >= 0.6 is 22.9 Å². The Bertz CT molecular complexity index is 1000. The number of carbonyl (C=O) groups excluding carboxylic acids is 2. The highest BCUT2D eigenvalue weighted by Crippen LogP contribution is 2.38. The van der Waals surface area contributed by atoms with Gasteiger partial charge in [-0.25, -0.2) is 0 Å². The van der Waals surface area contributed by atoms with E-state index >= 15 is 0 Å². The fraction of sp³-hybridized carbons (Fsp3) is 0.217. The second kappa shape index (κ2) is 8.39. The van der Waals surface area contributed by atoms with Gasteiger partial charge in [-0.15, -0.1) is 0 Å². The van der Waals surface area contributed by atoms with Crippen molar-refractivity contribution in [3.05, 3.63) is 87.1 Å². The first kappa shape index (κ1) is 19.7. The lowest BCUT2D eigenvalue weighted by molar-refractivity contribution is -0.117. The van der Waals surface area contributed by atoms with E-state index in [4.69, 9.17) is 11.6 Å². The van der Waals surface area contributed by atoms with Gasteiger partial charge in [-0.1, -0.05) is 30.7 Å². The number of amides is 2. The molecule has 0 radical (unpaired) electrons. The second-order valence-electron chi connectivity index (χ2n) is 7.40. The molecule has 29 heavy (non-hydrogen) atoms. The third-order valence-electron chi connectivity index (χ3n) is 5.22. The van der Waals surface area contributed by atoms with Crippen LogP contribution in [0.4, 0.5) is 5.69 Å². The molecule has 0 bridgehead atoms. The summed E-state index contributed by atoms with van der Waals surface area (Å²) in [6.07, 6.45) is 0.945. The van der Waals surface area contributed by atoms with E-state index in [9.17, 15) is 9.59 Å². The Hall–Kier alpha value is -2.63. The Balaban J connectivity index is 1.47. The maximum Gasteiger partial charge on any atom is 0.252 e. The number of anilines is 1. The highest BCUT2D eigenvalue weighted by atomic mass is 35.5. The molecule has 2 aromatic carbocycles. The van der Waals surface area contributed by atoms with Crippen molar-refractivity contribution in [3.63, 3.8) is 0 Å². The van der Waals surface area contributed by atoms with Crippen molar-refractivity contribution >= 4 is 40.4 Å². The summed E-state index contributed by atoms with van der Waals surface area (Å²) in [6, 6.07) is 16.2. The maximum atomic E-state index is 12.9. The third kappa shape index (κ3) is 4.69. The van der Waals surface area contributed by atoms with Crippen LogP contribution in [-0.4, -0.2) is 11.8 Å². The van der Waals surface area contributed by atoms with Gasteiger partial charge in [0.2, 0.25) is 5.91 Å². The molecule has 0 unspecified atom stereocenters. The van der Waals surface area contributed by atoms with Gasteiger partial charge in [0.05, 0.1) is 6.04 Å². The Morgan fingerprint density at radius 3 is 2.31 bits per heavy atom. The summed E-state index contributed by atoms with van der Waals surface area (Å²) < 4.78 is 0. The first-order valence-electron chi connectivity index (χ1n) is 9.50. The predicted molar refractivity (Wildman–Crippen MR) is 117 cm³/mol. The van der Waals surface area contributed by atoms with Gasteiger partial charge in [-0.3, -0.25) is 9.59 Å². The fourth-order valence-corrected chi connectivity index (χ4v) is 4.11. The Kier molecular flexibility index (Phi) is 5.69. The number of hydrogen-bond donors (Lipinski definition) is 2. The first-order chi connectivity index (χ1) is 14.0. The van der Waals surface area contributed by atoms with Crippen LogP contribution < -0.4 is 10.6 Å². The van der Waals surface area contributed by atoms with E-state index < -0.39 is 0 Å². The predicted octanol–water partition coefficient (Wildman–Crippen LogP) is 5.52. The average molecular weight is 425 g/mol. The summed E-state index contributed by atoms with van der Waals surface area (Å²) in [6.45, 7) is 2.07. The minimum absolute atomic E-state index is 0.0509. The molecule has 0 saturated heterocycles. The highest BCUT2D eigenvalue weighted by molar-refractivity contribution is 7.08. The standard InChI is InChI=1S/C23H21ClN2O2S/c1-14-12-20(14)23(28)25-19-8-4-16(5-9-19)22(27)26-21(17-10-11-29-13-17)15-2-6-18(24)7-3-15/h2-11,13-14,20-21H,12H2,1H3,(H,25,28)(H,26,27)/t14-,20+,21-/m1/s1. The van der Waals surface area contributed by atoms with Gasteiger partial charge in [-0.2, -0.15) is 11.3 Å². The lowest BCUT2D eigenvalue weighted by Crippen LogP contribution is -2.29. The van der Waals surface area contributed by atoms with Crippen molar-refractivity contribution in [1.82, 2.24) is 5.32 Å². The SMILES string of the molecule is C[C@@H]1C[C@@H]1C(=O)Nc1ccc(C(=O)N[C@H](c2ccc(Cl)cc2)c2ccsc2)cc1. The summed E-state index contributed by atoms with van der Waals surface area (Å²) in [5.41, 5.74) is 3.23. The summed E-state index contributed by atoms with van der Waals surface area (Å²) in [4.78, 5) is 24.9. The lowest BCUT2D eigenvalue weighted by Gasteiger charge is -2.19. The van der Waals surface area contributed by atoms with Crippen LogP contribution in [0.1, 0.15) is 40.9 Å². The van der Waals surface area contributed by atoms with E-state index in [0.717, 1.165) is 17.5 Å². The Labute approximate surface area is 178 Å². The smallest absolute Gasteiger partial charge is 0.252 e. The van der Waals surface area contributed by atoms with Gasteiger partial charge in [0.15, 0.2) is 0 Å². The maximum absolute atomic E-state index is 12.9. The van der Waals surface area contributed by atoms with Gasteiger partial charge in [0.25, 0.3) is 5.91 Å². The van der Waals surface area contributed by atoms with Gasteiger partial charge >= 0.3 is 0 Å². The highest BCUT2D eigenvalue weighted by Gasteiger charge is 2.39. The number of nitrogens with one attached hydrogen (secondary N) is 2. The molecule has 1 heterocycles. The zero-order valence-electron chi connectivity index (χ0n) is 15.9. The van der Waals surface area contributed by atoms with Gasteiger partial charge < -0.3 is 10.6 Å². The van der Waals surface area contributed by atoms with E-state index in [1.807, 2.05) is 41.1 Å². The molecule has 1 aromatic heterocycles. The molecule has 1 aliphatic rings. The third-order valence-corrected chi connectivity index (χ3v) is 6.17. The minimum atomic E-state index is -0.262. The van der Waals surface area contributed by atoms with E-state index in [0.29, 0.717) is 22.2 Å². The molecule has 6 heteroatoms. The number of rotatable bonds is 6. The van der Waals surface area contributed by atoms with Gasteiger partial charge in [0.1, 0.15) is 0 Å². The van der Waals surface area contributed by atoms with Crippen LogP contribution in [0.2, 0.25) is 5.02 Å². The molecule has 1 saturated carbocycles. The van der Waals surface area contributed by atoms with Crippen molar-refractivity contribution in [1.29, 1.82) is 0 Å². The molecule has 3 atom stereocenters. The topological polar surface area (TPSA) is 58.2 Å². The van der Waals surface area contributed by atoms with Crippen molar-refractivity contribution in [2.75, 3.05) is 5.32 Å². The normalized spacial score (nSPS) is 18.7. The fourth-order valence-electron chi connectivity index (χ4n) is 3.30. The number of hydrogen-bond acceptors (Lipinski definition) is 3. The summed E-state index contributed by atoms with van der Waals surface area (Å²) in [7, 11) is 0. The van der Waals surface area contributed by atoms with Crippen molar-refractivity contribution in [3.8, 4) is 0 Å². The minimum Gasteiger partial charge on any atom is -0.341 e. The second-order valence-corrected chi connectivity index (χ2v) is 8.62. The molecule has 1 fully saturated rings. The van der Waals surface area contributed by atoms with E-state index in [-0.39, 0.29) is 23.8 Å².